The molecular formula is C22H17N3O. The van der Waals surface area contributed by atoms with Gasteiger partial charge in [0.15, 0.2) is 0 Å². The van der Waals surface area contributed by atoms with Crippen molar-refractivity contribution in [2.75, 3.05) is 16.8 Å². The summed E-state index contributed by atoms with van der Waals surface area (Å²) in [4.78, 5) is 4.40. The first-order valence-electron chi connectivity index (χ1n) is 8.65. The van der Waals surface area contributed by atoms with Crippen LogP contribution in [-0.2, 0) is 0 Å². The minimum atomic E-state index is 0.112. The van der Waals surface area contributed by atoms with Crippen molar-refractivity contribution < 1.29 is 4.42 Å². The molecule has 3 aromatic carbocycles. The average molecular weight is 339 g/mol. The van der Waals surface area contributed by atoms with Gasteiger partial charge in [0.25, 0.3) is 0 Å². The molecule has 0 unspecified atom stereocenters. The molecule has 0 radical (unpaired) electrons. The van der Waals surface area contributed by atoms with Crippen LogP contribution >= 0.6 is 0 Å². The lowest BCUT2D eigenvalue weighted by molar-refractivity contribution is 0.668. The summed E-state index contributed by atoms with van der Waals surface area (Å²) in [6, 6.07) is 22.6. The Morgan fingerprint density at radius 3 is 2.62 bits per heavy atom. The highest BCUT2D eigenvalue weighted by Gasteiger charge is 2.33. The number of anilines is 3. The number of benzene rings is 3. The zero-order chi connectivity index (χ0) is 17.8. The van der Waals surface area contributed by atoms with Gasteiger partial charge in [-0.25, -0.2) is 0 Å². The number of hydrogen-bond acceptors (Lipinski definition) is 4. The molecule has 5 rings (SSSR count). The molecular weight excluding hydrogens is 322 g/mol. The summed E-state index contributed by atoms with van der Waals surface area (Å²) in [7, 11) is 2.03. The van der Waals surface area contributed by atoms with Crippen LogP contribution in [0, 0.1) is 11.3 Å². The molecule has 0 saturated heterocycles. The molecule has 0 bridgehead atoms. The van der Waals surface area contributed by atoms with E-state index < -0.39 is 0 Å². The molecule has 4 nitrogen and oxygen atoms in total. The smallest absolute Gasteiger partial charge is 0.137 e. The normalized spacial score (nSPS) is 16.3. The molecule has 2 heterocycles. The number of furan rings is 1. The number of hydrogen-bond donors (Lipinski definition) is 0. The maximum Gasteiger partial charge on any atom is 0.137 e. The third kappa shape index (κ3) is 1.89. The zero-order valence-corrected chi connectivity index (χ0v) is 14.6. The molecule has 0 spiro atoms. The summed E-state index contributed by atoms with van der Waals surface area (Å²) in [5, 5.41) is 11.7. The lowest BCUT2D eigenvalue weighted by Crippen LogP contribution is -2.35. The Morgan fingerprint density at radius 2 is 1.77 bits per heavy atom. The van der Waals surface area contributed by atoms with E-state index >= 15 is 0 Å². The first kappa shape index (κ1) is 14.9. The second-order valence-corrected chi connectivity index (χ2v) is 6.68. The van der Waals surface area contributed by atoms with Crippen molar-refractivity contribution in [1.29, 1.82) is 5.26 Å². The molecule has 1 aromatic heterocycles. The quantitative estimate of drug-likeness (QED) is 0.466. The summed E-state index contributed by atoms with van der Waals surface area (Å²) in [5.41, 5.74) is 5.57. The predicted molar refractivity (Wildman–Crippen MR) is 105 cm³/mol. The van der Waals surface area contributed by atoms with Crippen LogP contribution in [0.5, 0.6) is 0 Å². The van der Waals surface area contributed by atoms with E-state index in [0.29, 0.717) is 5.56 Å². The van der Waals surface area contributed by atoms with E-state index in [4.69, 9.17) is 4.42 Å². The van der Waals surface area contributed by atoms with Crippen LogP contribution in [0.2, 0.25) is 0 Å². The standard InChI is InChI=1S/C22H17N3O/c1-14-24(2)22-15(13-23)6-5-8-19(22)25(14)16-10-11-18-17-7-3-4-9-20(17)26-21(18)12-16/h3-12,14H,1-2H3/t14-/m0/s1. The van der Waals surface area contributed by atoms with Crippen LogP contribution in [0.15, 0.2) is 65.1 Å². The number of para-hydroxylation sites is 2. The maximum atomic E-state index is 9.47. The van der Waals surface area contributed by atoms with Crippen molar-refractivity contribution in [3.63, 3.8) is 0 Å². The molecule has 4 aromatic rings. The van der Waals surface area contributed by atoms with Crippen molar-refractivity contribution in [3.8, 4) is 6.07 Å². The van der Waals surface area contributed by atoms with Gasteiger partial charge in [0.05, 0.1) is 16.9 Å². The first-order valence-corrected chi connectivity index (χ1v) is 8.65. The highest BCUT2D eigenvalue weighted by Crippen LogP contribution is 2.45. The summed E-state index contributed by atoms with van der Waals surface area (Å²) in [5.74, 6) is 0. The Labute approximate surface area is 151 Å². The Balaban J connectivity index is 1.71. The largest absolute Gasteiger partial charge is 0.456 e. The van der Waals surface area contributed by atoms with E-state index in [1.165, 1.54) is 0 Å². The third-order valence-corrected chi connectivity index (χ3v) is 5.32. The average Bonchev–Trinajstić information content (AvgIpc) is 3.16. The lowest BCUT2D eigenvalue weighted by atomic mass is 10.1. The SMILES string of the molecule is C[C@H]1N(C)c2c(C#N)cccc2N1c1ccc2c(c1)oc1ccccc12. The van der Waals surface area contributed by atoms with Crippen LogP contribution in [0.25, 0.3) is 21.9 Å². The van der Waals surface area contributed by atoms with Gasteiger partial charge in [-0.05, 0) is 37.3 Å². The highest BCUT2D eigenvalue weighted by atomic mass is 16.3. The summed E-state index contributed by atoms with van der Waals surface area (Å²) in [6.45, 7) is 2.14. The summed E-state index contributed by atoms with van der Waals surface area (Å²) < 4.78 is 6.05. The van der Waals surface area contributed by atoms with Crippen molar-refractivity contribution in [3.05, 3.63) is 66.2 Å². The third-order valence-electron chi connectivity index (χ3n) is 5.32. The van der Waals surface area contributed by atoms with Crippen molar-refractivity contribution in [2.24, 2.45) is 0 Å². The first-order chi connectivity index (χ1) is 12.7. The van der Waals surface area contributed by atoms with Gasteiger partial charge in [0.2, 0.25) is 0 Å². The van der Waals surface area contributed by atoms with E-state index in [-0.39, 0.29) is 6.17 Å². The molecule has 1 aliphatic rings. The zero-order valence-electron chi connectivity index (χ0n) is 14.6. The Morgan fingerprint density at radius 1 is 0.962 bits per heavy atom. The molecule has 126 valence electrons. The number of fused-ring (bicyclic) bond motifs is 4. The van der Waals surface area contributed by atoms with Gasteiger partial charge in [-0.3, -0.25) is 0 Å². The van der Waals surface area contributed by atoms with E-state index in [1.54, 1.807) is 0 Å². The van der Waals surface area contributed by atoms with Gasteiger partial charge in [-0.15, -0.1) is 0 Å². The van der Waals surface area contributed by atoms with Crippen molar-refractivity contribution in [1.82, 2.24) is 0 Å². The molecule has 0 amide bonds. The monoisotopic (exact) mass is 339 g/mol. The van der Waals surface area contributed by atoms with Crippen LogP contribution in [0.4, 0.5) is 17.1 Å². The molecule has 26 heavy (non-hydrogen) atoms. The fourth-order valence-electron chi connectivity index (χ4n) is 3.97. The summed E-state index contributed by atoms with van der Waals surface area (Å²) in [6.07, 6.45) is 0.112. The Kier molecular flexibility index (Phi) is 3.01. The van der Waals surface area contributed by atoms with Gasteiger partial charge in [-0.2, -0.15) is 5.26 Å². The number of nitrogens with zero attached hydrogens (tertiary/aromatic N) is 3. The molecule has 0 N–H and O–H groups in total. The fraction of sp³-hybridized carbons (Fsp3) is 0.136. The molecule has 0 fully saturated rings. The second-order valence-electron chi connectivity index (χ2n) is 6.68. The molecule has 4 heteroatoms. The topological polar surface area (TPSA) is 43.4 Å². The van der Waals surface area contributed by atoms with Crippen molar-refractivity contribution in [2.45, 2.75) is 13.1 Å². The van der Waals surface area contributed by atoms with E-state index in [1.807, 2.05) is 37.4 Å². The van der Waals surface area contributed by atoms with Gasteiger partial charge in [-0.1, -0.05) is 24.3 Å². The lowest BCUT2D eigenvalue weighted by Gasteiger charge is -2.27. The van der Waals surface area contributed by atoms with Crippen LogP contribution in [0.1, 0.15) is 12.5 Å². The van der Waals surface area contributed by atoms with E-state index in [2.05, 4.69) is 53.1 Å². The van der Waals surface area contributed by atoms with Gasteiger partial charge in [0.1, 0.15) is 23.4 Å². The van der Waals surface area contributed by atoms with Crippen molar-refractivity contribution >= 4 is 39.0 Å². The Hall–Kier alpha value is -3.45. The molecule has 0 aliphatic carbocycles. The van der Waals surface area contributed by atoms with E-state index in [0.717, 1.165) is 39.0 Å². The second kappa shape index (κ2) is 5.27. The van der Waals surface area contributed by atoms with Gasteiger partial charge < -0.3 is 14.2 Å². The number of nitriles is 1. The van der Waals surface area contributed by atoms with Gasteiger partial charge >= 0.3 is 0 Å². The van der Waals surface area contributed by atoms with Crippen LogP contribution in [-0.4, -0.2) is 13.2 Å². The van der Waals surface area contributed by atoms with E-state index in [9.17, 15) is 5.26 Å². The minimum absolute atomic E-state index is 0.112. The predicted octanol–water partition coefficient (Wildman–Crippen LogP) is 5.39. The fourth-order valence-corrected chi connectivity index (χ4v) is 3.97. The highest BCUT2D eigenvalue weighted by molar-refractivity contribution is 6.06. The van der Waals surface area contributed by atoms with Crippen LogP contribution in [0.3, 0.4) is 0 Å². The summed E-state index contributed by atoms with van der Waals surface area (Å²) >= 11 is 0. The van der Waals surface area contributed by atoms with Crippen LogP contribution < -0.4 is 9.80 Å². The number of rotatable bonds is 1. The molecule has 1 atom stereocenters. The maximum absolute atomic E-state index is 9.47. The Bertz CT molecular complexity index is 1200. The van der Waals surface area contributed by atoms with Gasteiger partial charge in [0, 0.05) is 29.6 Å². The minimum Gasteiger partial charge on any atom is -0.456 e. The molecule has 1 aliphatic heterocycles. The molecule has 0 saturated carbocycles.